The number of likely N-dealkylation sites (tertiary alicyclic amines) is 1. The Morgan fingerprint density at radius 2 is 2.11 bits per heavy atom. The fourth-order valence-electron chi connectivity index (χ4n) is 2.86. The summed E-state index contributed by atoms with van der Waals surface area (Å²) in [6.07, 6.45) is 4.57. The number of nitrogens with zero attached hydrogens (tertiary/aromatic N) is 1. The van der Waals surface area contributed by atoms with Crippen LogP contribution in [0.3, 0.4) is 0 Å². The third kappa shape index (κ3) is 4.40. The molecule has 1 aliphatic carbocycles. The number of amides is 2. The molecule has 2 unspecified atom stereocenters. The fourth-order valence-corrected chi connectivity index (χ4v) is 2.86. The van der Waals surface area contributed by atoms with Crippen LogP contribution in [0.25, 0.3) is 0 Å². The molecule has 1 saturated carbocycles. The van der Waals surface area contributed by atoms with Crippen LogP contribution in [-0.2, 0) is 4.79 Å². The third-order valence-corrected chi connectivity index (χ3v) is 4.27. The van der Waals surface area contributed by atoms with E-state index in [0.717, 1.165) is 31.8 Å². The highest BCUT2D eigenvalue weighted by molar-refractivity contribution is 5.74. The summed E-state index contributed by atoms with van der Waals surface area (Å²) in [5.74, 6) is 0.692. The minimum atomic E-state index is -0.769. The van der Waals surface area contributed by atoms with Crippen LogP contribution in [0.5, 0.6) is 0 Å². The van der Waals surface area contributed by atoms with Crippen LogP contribution in [0, 0.1) is 17.8 Å². The van der Waals surface area contributed by atoms with Gasteiger partial charge in [0, 0.05) is 26.1 Å². The Bertz CT molecular complexity index is 342. The number of carboxylic acid groups (broad SMARTS) is 1. The van der Waals surface area contributed by atoms with Crippen LogP contribution >= 0.6 is 0 Å². The van der Waals surface area contributed by atoms with Crippen molar-refractivity contribution >= 4 is 12.0 Å². The van der Waals surface area contributed by atoms with Crippen molar-refractivity contribution in [3.63, 3.8) is 0 Å². The first-order valence-electron chi connectivity index (χ1n) is 7.31. The number of carbonyl (C=O) groups excluding carboxylic acids is 1. The first-order chi connectivity index (χ1) is 9.06. The largest absolute Gasteiger partial charge is 0.481 e. The van der Waals surface area contributed by atoms with Crippen molar-refractivity contribution in [3.8, 4) is 0 Å². The average molecular weight is 268 g/mol. The molecule has 1 saturated heterocycles. The summed E-state index contributed by atoms with van der Waals surface area (Å²) in [6.45, 7) is 4.25. The van der Waals surface area contributed by atoms with Gasteiger partial charge in [-0.25, -0.2) is 4.79 Å². The number of carboxylic acids is 1. The van der Waals surface area contributed by atoms with E-state index in [1.54, 1.807) is 4.90 Å². The van der Waals surface area contributed by atoms with E-state index in [2.05, 4.69) is 12.2 Å². The van der Waals surface area contributed by atoms with E-state index in [9.17, 15) is 9.59 Å². The molecule has 2 fully saturated rings. The summed E-state index contributed by atoms with van der Waals surface area (Å²) < 4.78 is 0. The highest BCUT2D eigenvalue weighted by Gasteiger charge is 2.29. The molecule has 5 nitrogen and oxygen atoms in total. The lowest BCUT2D eigenvalue weighted by atomic mass is 9.95. The van der Waals surface area contributed by atoms with Gasteiger partial charge in [0.1, 0.15) is 0 Å². The Kier molecular flexibility index (Phi) is 4.66. The van der Waals surface area contributed by atoms with E-state index in [1.807, 2.05) is 0 Å². The molecule has 108 valence electrons. The SMILES string of the molecule is CC(CNC(=O)N1CCCC(CC(=O)O)C1)C1CC1. The molecule has 0 aromatic carbocycles. The van der Waals surface area contributed by atoms with Gasteiger partial charge in [-0.3, -0.25) is 4.79 Å². The molecule has 5 heteroatoms. The molecule has 2 amide bonds. The summed E-state index contributed by atoms with van der Waals surface area (Å²) in [7, 11) is 0. The molecule has 2 aliphatic rings. The number of urea groups is 1. The van der Waals surface area contributed by atoms with E-state index < -0.39 is 5.97 Å². The van der Waals surface area contributed by atoms with Gasteiger partial charge in [-0.05, 0) is 43.4 Å². The zero-order chi connectivity index (χ0) is 13.8. The fraction of sp³-hybridized carbons (Fsp3) is 0.857. The van der Waals surface area contributed by atoms with Gasteiger partial charge in [0.2, 0.25) is 0 Å². The second-order valence-corrected chi connectivity index (χ2v) is 6.05. The third-order valence-electron chi connectivity index (χ3n) is 4.27. The summed E-state index contributed by atoms with van der Waals surface area (Å²) in [6, 6.07) is -0.0254. The molecule has 19 heavy (non-hydrogen) atoms. The standard InChI is InChI=1S/C14H24N2O3/c1-10(12-4-5-12)8-15-14(19)16-6-2-3-11(9-16)7-13(17)18/h10-12H,2-9H2,1H3,(H,15,19)(H,17,18). The van der Waals surface area contributed by atoms with Crippen molar-refractivity contribution in [1.29, 1.82) is 0 Å². The summed E-state index contributed by atoms with van der Waals surface area (Å²) in [4.78, 5) is 24.5. The second kappa shape index (κ2) is 6.26. The van der Waals surface area contributed by atoms with E-state index >= 15 is 0 Å². The lowest BCUT2D eigenvalue weighted by molar-refractivity contribution is -0.138. The first-order valence-corrected chi connectivity index (χ1v) is 7.31. The van der Waals surface area contributed by atoms with Crippen molar-refractivity contribution in [1.82, 2.24) is 10.2 Å². The maximum absolute atomic E-state index is 12.0. The van der Waals surface area contributed by atoms with Gasteiger partial charge in [-0.1, -0.05) is 6.92 Å². The Morgan fingerprint density at radius 3 is 2.74 bits per heavy atom. The molecular formula is C14H24N2O3. The molecule has 1 heterocycles. The van der Waals surface area contributed by atoms with Crippen LogP contribution < -0.4 is 5.32 Å². The Balaban J connectivity index is 1.73. The van der Waals surface area contributed by atoms with Crippen LogP contribution in [0.15, 0.2) is 0 Å². The molecule has 2 N–H and O–H groups in total. The summed E-state index contributed by atoms with van der Waals surface area (Å²) >= 11 is 0. The van der Waals surface area contributed by atoms with Crippen molar-refractivity contribution < 1.29 is 14.7 Å². The Hall–Kier alpha value is -1.26. The van der Waals surface area contributed by atoms with E-state index in [1.165, 1.54) is 12.8 Å². The maximum Gasteiger partial charge on any atom is 0.317 e. The van der Waals surface area contributed by atoms with Crippen LogP contribution in [-0.4, -0.2) is 41.6 Å². The Morgan fingerprint density at radius 1 is 1.37 bits per heavy atom. The predicted octanol–water partition coefficient (Wildman–Crippen LogP) is 1.93. The number of hydrogen-bond acceptors (Lipinski definition) is 2. The molecule has 0 bridgehead atoms. The van der Waals surface area contributed by atoms with E-state index in [-0.39, 0.29) is 18.4 Å². The minimum absolute atomic E-state index is 0.0254. The topological polar surface area (TPSA) is 69.6 Å². The van der Waals surface area contributed by atoms with Gasteiger partial charge in [0.05, 0.1) is 0 Å². The number of hydrogen-bond donors (Lipinski definition) is 2. The van der Waals surface area contributed by atoms with Gasteiger partial charge in [0.25, 0.3) is 0 Å². The predicted molar refractivity (Wildman–Crippen MR) is 71.8 cm³/mol. The molecule has 2 atom stereocenters. The van der Waals surface area contributed by atoms with Crippen molar-refractivity contribution in [2.75, 3.05) is 19.6 Å². The van der Waals surface area contributed by atoms with Gasteiger partial charge in [-0.2, -0.15) is 0 Å². The lowest BCUT2D eigenvalue weighted by Crippen LogP contribution is -2.46. The van der Waals surface area contributed by atoms with Crippen LogP contribution in [0.2, 0.25) is 0 Å². The summed E-state index contributed by atoms with van der Waals surface area (Å²) in [5.41, 5.74) is 0. The molecule has 1 aliphatic heterocycles. The van der Waals surface area contributed by atoms with Crippen molar-refractivity contribution in [2.45, 2.75) is 39.0 Å². The molecular weight excluding hydrogens is 244 g/mol. The number of aliphatic carboxylic acids is 1. The number of nitrogens with one attached hydrogen (secondary N) is 1. The smallest absolute Gasteiger partial charge is 0.317 e. The zero-order valence-electron chi connectivity index (χ0n) is 11.6. The second-order valence-electron chi connectivity index (χ2n) is 6.05. The normalized spacial score (nSPS) is 24.9. The zero-order valence-corrected chi connectivity index (χ0v) is 11.6. The maximum atomic E-state index is 12.0. The quantitative estimate of drug-likeness (QED) is 0.800. The number of piperidine rings is 1. The van der Waals surface area contributed by atoms with Crippen molar-refractivity contribution in [2.24, 2.45) is 17.8 Å². The highest BCUT2D eigenvalue weighted by Crippen LogP contribution is 2.36. The van der Waals surface area contributed by atoms with Gasteiger partial charge >= 0.3 is 12.0 Å². The van der Waals surface area contributed by atoms with E-state index in [0.29, 0.717) is 12.5 Å². The van der Waals surface area contributed by atoms with E-state index in [4.69, 9.17) is 5.11 Å². The van der Waals surface area contributed by atoms with Gasteiger partial charge in [0.15, 0.2) is 0 Å². The summed E-state index contributed by atoms with van der Waals surface area (Å²) in [5, 5.41) is 11.8. The van der Waals surface area contributed by atoms with Gasteiger partial charge in [-0.15, -0.1) is 0 Å². The highest BCUT2D eigenvalue weighted by atomic mass is 16.4. The lowest BCUT2D eigenvalue weighted by Gasteiger charge is -2.32. The van der Waals surface area contributed by atoms with Crippen LogP contribution in [0.4, 0.5) is 4.79 Å². The number of rotatable bonds is 5. The van der Waals surface area contributed by atoms with Gasteiger partial charge < -0.3 is 15.3 Å². The molecule has 0 aromatic heterocycles. The molecule has 0 spiro atoms. The Labute approximate surface area is 114 Å². The van der Waals surface area contributed by atoms with Crippen molar-refractivity contribution in [3.05, 3.63) is 0 Å². The monoisotopic (exact) mass is 268 g/mol. The average Bonchev–Trinajstić information content (AvgIpc) is 3.19. The molecule has 0 radical (unpaired) electrons. The number of carbonyl (C=O) groups is 2. The van der Waals surface area contributed by atoms with Crippen LogP contribution in [0.1, 0.15) is 39.0 Å². The molecule has 0 aromatic rings. The minimum Gasteiger partial charge on any atom is -0.481 e. The first kappa shape index (κ1) is 14.2. The molecule has 2 rings (SSSR count).